The molecule has 0 N–H and O–H groups in total. The van der Waals surface area contributed by atoms with Crippen LogP contribution < -0.4 is 10.2 Å². The lowest BCUT2D eigenvalue weighted by atomic mass is 9.77. The molecule has 0 aromatic carbocycles. The first-order valence-corrected chi connectivity index (χ1v) is 9.77. The molecule has 2 aliphatic heterocycles. The van der Waals surface area contributed by atoms with Gasteiger partial charge in [0.2, 0.25) is 17.1 Å². The van der Waals surface area contributed by atoms with Crippen LogP contribution in [0.1, 0.15) is 44.3 Å². The summed E-state index contributed by atoms with van der Waals surface area (Å²) in [4.78, 5) is 29.5. The van der Waals surface area contributed by atoms with E-state index in [1.807, 2.05) is 0 Å². The Kier molecular flexibility index (Phi) is 4.78. The average molecular weight is 360 g/mol. The van der Waals surface area contributed by atoms with E-state index in [0.717, 1.165) is 51.4 Å². The second-order valence-corrected chi connectivity index (χ2v) is 8.17. The Morgan fingerprint density at radius 3 is 2.77 bits per heavy atom. The SMILES string of the molecule is COc1coc(CN2CCC3(CCCN(CC4CCC4)C3=O)C2)cc1=O. The van der Waals surface area contributed by atoms with Gasteiger partial charge in [-0.15, -0.1) is 0 Å². The highest BCUT2D eigenvalue weighted by atomic mass is 16.5. The van der Waals surface area contributed by atoms with Crippen molar-refractivity contribution >= 4 is 5.91 Å². The second kappa shape index (κ2) is 7.06. The summed E-state index contributed by atoms with van der Waals surface area (Å²) in [6.45, 7) is 4.08. The number of piperidine rings is 1. The van der Waals surface area contributed by atoms with Gasteiger partial charge in [0.05, 0.1) is 19.1 Å². The summed E-state index contributed by atoms with van der Waals surface area (Å²) in [5.41, 5.74) is -0.391. The van der Waals surface area contributed by atoms with Gasteiger partial charge in [0.25, 0.3) is 0 Å². The number of methoxy groups -OCH3 is 1. The third-order valence-electron chi connectivity index (χ3n) is 6.41. The van der Waals surface area contributed by atoms with Gasteiger partial charge in [-0.1, -0.05) is 6.42 Å². The molecule has 2 saturated heterocycles. The molecular formula is C20H28N2O4. The summed E-state index contributed by atoms with van der Waals surface area (Å²) in [6.07, 6.45) is 8.24. The standard InChI is InChI=1S/C20H28N2O4/c1-25-18-13-26-16(10-17(18)23)12-21-9-7-20(14-21)6-3-8-22(19(20)24)11-15-4-2-5-15/h10,13,15H,2-9,11-12,14H2,1H3. The van der Waals surface area contributed by atoms with E-state index in [9.17, 15) is 9.59 Å². The van der Waals surface area contributed by atoms with Crippen molar-refractivity contribution in [3.8, 4) is 5.75 Å². The molecular weight excluding hydrogens is 332 g/mol. The Bertz CT molecular complexity index is 727. The molecule has 0 radical (unpaired) electrons. The van der Waals surface area contributed by atoms with Gasteiger partial charge < -0.3 is 14.1 Å². The van der Waals surface area contributed by atoms with Crippen LogP contribution in [0.3, 0.4) is 0 Å². The van der Waals surface area contributed by atoms with Crippen LogP contribution in [-0.2, 0) is 11.3 Å². The topological polar surface area (TPSA) is 63.0 Å². The number of likely N-dealkylation sites (tertiary alicyclic amines) is 2. The van der Waals surface area contributed by atoms with Crippen LogP contribution in [0.25, 0.3) is 0 Å². The molecule has 4 rings (SSSR count). The predicted molar refractivity (Wildman–Crippen MR) is 97.0 cm³/mol. The first-order valence-electron chi connectivity index (χ1n) is 9.77. The molecule has 6 heteroatoms. The third-order valence-corrected chi connectivity index (χ3v) is 6.41. The zero-order valence-corrected chi connectivity index (χ0v) is 15.5. The molecule has 1 aromatic rings. The van der Waals surface area contributed by atoms with Gasteiger partial charge in [-0.2, -0.15) is 0 Å². The second-order valence-electron chi connectivity index (χ2n) is 8.17. The van der Waals surface area contributed by atoms with E-state index in [-0.39, 0.29) is 16.6 Å². The highest BCUT2D eigenvalue weighted by Gasteiger charge is 2.48. The van der Waals surface area contributed by atoms with Gasteiger partial charge in [0.1, 0.15) is 12.0 Å². The fraction of sp³-hybridized carbons (Fsp3) is 0.700. The Morgan fingerprint density at radius 1 is 1.23 bits per heavy atom. The lowest BCUT2D eigenvalue weighted by Crippen LogP contribution is -2.51. The molecule has 1 amide bonds. The number of hydrogen-bond acceptors (Lipinski definition) is 5. The van der Waals surface area contributed by atoms with Crippen LogP contribution in [0.2, 0.25) is 0 Å². The minimum atomic E-state index is -0.227. The average Bonchev–Trinajstić information content (AvgIpc) is 2.98. The fourth-order valence-electron chi connectivity index (χ4n) is 4.68. The largest absolute Gasteiger partial charge is 0.490 e. The van der Waals surface area contributed by atoms with Crippen molar-refractivity contribution < 1.29 is 13.9 Å². The lowest BCUT2D eigenvalue weighted by Gasteiger charge is -2.42. The minimum absolute atomic E-state index is 0.164. The van der Waals surface area contributed by atoms with Crippen molar-refractivity contribution in [1.82, 2.24) is 9.80 Å². The molecule has 1 unspecified atom stereocenters. The van der Waals surface area contributed by atoms with E-state index < -0.39 is 0 Å². The smallest absolute Gasteiger partial charge is 0.230 e. The lowest BCUT2D eigenvalue weighted by molar-refractivity contribution is -0.146. The molecule has 1 aromatic heterocycles. The molecule has 3 fully saturated rings. The van der Waals surface area contributed by atoms with Crippen molar-refractivity contribution in [3.05, 3.63) is 28.3 Å². The monoisotopic (exact) mass is 360 g/mol. The van der Waals surface area contributed by atoms with E-state index in [4.69, 9.17) is 9.15 Å². The van der Waals surface area contributed by atoms with Crippen LogP contribution in [0.4, 0.5) is 0 Å². The molecule has 1 saturated carbocycles. The van der Waals surface area contributed by atoms with Crippen molar-refractivity contribution in [2.45, 2.75) is 45.1 Å². The van der Waals surface area contributed by atoms with E-state index >= 15 is 0 Å². The molecule has 26 heavy (non-hydrogen) atoms. The molecule has 0 bridgehead atoms. The first-order chi connectivity index (χ1) is 12.6. The number of amides is 1. The molecule has 1 aliphatic carbocycles. The number of nitrogens with zero attached hydrogens (tertiary/aromatic N) is 2. The van der Waals surface area contributed by atoms with E-state index in [1.54, 1.807) is 0 Å². The number of hydrogen-bond donors (Lipinski definition) is 0. The minimum Gasteiger partial charge on any atom is -0.490 e. The normalized spacial score (nSPS) is 27.1. The summed E-state index contributed by atoms with van der Waals surface area (Å²) in [5.74, 6) is 1.93. The highest BCUT2D eigenvalue weighted by molar-refractivity contribution is 5.84. The Balaban J connectivity index is 1.41. The van der Waals surface area contributed by atoms with Crippen LogP contribution in [0.5, 0.6) is 5.75 Å². The van der Waals surface area contributed by atoms with Crippen LogP contribution >= 0.6 is 0 Å². The summed E-state index contributed by atoms with van der Waals surface area (Å²) in [5, 5.41) is 0. The molecule has 3 aliphatic rings. The Hall–Kier alpha value is -1.82. The molecule has 3 heterocycles. The predicted octanol–water partition coefficient (Wildman–Crippen LogP) is 2.26. The molecule has 1 spiro atoms. The summed E-state index contributed by atoms with van der Waals surface area (Å²) < 4.78 is 10.5. The van der Waals surface area contributed by atoms with Crippen molar-refractivity contribution in [2.75, 3.05) is 33.3 Å². The number of rotatable bonds is 5. The van der Waals surface area contributed by atoms with E-state index in [0.29, 0.717) is 18.2 Å². The highest BCUT2D eigenvalue weighted by Crippen LogP contribution is 2.41. The summed E-state index contributed by atoms with van der Waals surface area (Å²) in [6, 6.07) is 1.50. The first kappa shape index (κ1) is 17.6. The van der Waals surface area contributed by atoms with Crippen molar-refractivity contribution in [3.63, 3.8) is 0 Å². The Morgan fingerprint density at radius 2 is 2.08 bits per heavy atom. The van der Waals surface area contributed by atoms with Gasteiger partial charge in [0, 0.05) is 25.7 Å². The zero-order chi connectivity index (χ0) is 18.1. The van der Waals surface area contributed by atoms with Crippen LogP contribution in [0, 0.1) is 11.3 Å². The number of carbonyl (C=O) groups is 1. The summed E-state index contributed by atoms with van der Waals surface area (Å²) in [7, 11) is 1.46. The van der Waals surface area contributed by atoms with E-state index in [2.05, 4.69) is 9.80 Å². The van der Waals surface area contributed by atoms with Crippen molar-refractivity contribution in [2.24, 2.45) is 11.3 Å². The third kappa shape index (κ3) is 3.27. The fourth-order valence-corrected chi connectivity index (χ4v) is 4.68. The van der Waals surface area contributed by atoms with Gasteiger partial charge in [0.15, 0.2) is 0 Å². The molecule has 142 valence electrons. The van der Waals surface area contributed by atoms with Gasteiger partial charge in [-0.3, -0.25) is 14.5 Å². The summed E-state index contributed by atoms with van der Waals surface area (Å²) >= 11 is 0. The van der Waals surface area contributed by atoms with E-state index in [1.165, 1.54) is 38.7 Å². The quantitative estimate of drug-likeness (QED) is 0.806. The van der Waals surface area contributed by atoms with Gasteiger partial charge >= 0.3 is 0 Å². The maximum Gasteiger partial charge on any atom is 0.230 e. The van der Waals surface area contributed by atoms with Gasteiger partial charge in [-0.25, -0.2) is 0 Å². The van der Waals surface area contributed by atoms with Crippen LogP contribution in [0.15, 0.2) is 21.5 Å². The zero-order valence-electron chi connectivity index (χ0n) is 15.5. The maximum absolute atomic E-state index is 13.2. The molecule has 6 nitrogen and oxygen atoms in total. The Labute approximate surface area is 154 Å². The number of carbonyl (C=O) groups excluding carboxylic acids is 1. The van der Waals surface area contributed by atoms with Crippen molar-refractivity contribution in [1.29, 1.82) is 0 Å². The van der Waals surface area contributed by atoms with Gasteiger partial charge in [-0.05, 0) is 44.6 Å². The molecule has 1 atom stereocenters. The maximum atomic E-state index is 13.2. The van der Waals surface area contributed by atoms with Crippen LogP contribution in [-0.4, -0.2) is 49.0 Å². The number of ether oxygens (including phenoxy) is 1.